The van der Waals surface area contributed by atoms with E-state index in [0.717, 1.165) is 11.0 Å². The summed E-state index contributed by atoms with van der Waals surface area (Å²) < 4.78 is 12.9. The molecule has 2 rings (SSSR count). The van der Waals surface area contributed by atoms with Gasteiger partial charge in [-0.25, -0.2) is 9.29 Å². The Bertz CT molecular complexity index is 429. The van der Waals surface area contributed by atoms with E-state index in [4.69, 9.17) is 5.73 Å². The number of anilines is 2. The highest BCUT2D eigenvalue weighted by atomic mass is 19.1. The maximum Gasteiger partial charge on any atom is 0.234 e. The average Bonchev–Trinajstić information content (AvgIpc) is 2.51. The van der Waals surface area contributed by atoms with Crippen molar-refractivity contribution in [1.29, 1.82) is 0 Å². The molecular formula is C10H9FN2O2. The number of halogens is 1. The molecule has 1 aromatic carbocycles. The van der Waals surface area contributed by atoms with E-state index in [1.54, 1.807) is 0 Å². The van der Waals surface area contributed by atoms with Crippen LogP contribution in [0, 0.1) is 5.82 Å². The lowest BCUT2D eigenvalue weighted by molar-refractivity contribution is -0.121. The molecule has 15 heavy (non-hydrogen) atoms. The topological polar surface area (TPSA) is 63.4 Å². The SMILES string of the molecule is Nc1ccc(F)cc1N1C(=O)CCC1=O. The third-order valence-corrected chi connectivity index (χ3v) is 2.28. The molecule has 1 fully saturated rings. The Morgan fingerprint density at radius 1 is 1.20 bits per heavy atom. The minimum absolute atomic E-state index is 0.141. The monoisotopic (exact) mass is 208 g/mol. The fourth-order valence-electron chi connectivity index (χ4n) is 1.56. The molecule has 0 saturated carbocycles. The molecule has 1 aliphatic heterocycles. The molecule has 1 aliphatic rings. The van der Waals surface area contributed by atoms with Gasteiger partial charge in [-0.05, 0) is 12.1 Å². The molecule has 5 heteroatoms. The quantitative estimate of drug-likeness (QED) is 0.554. The standard InChI is InChI=1S/C10H9FN2O2/c11-6-1-2-7(12)8(5-6)13-9(14)3-4-10(13)15/h1-2,5H,3-4,12H2. The molecule has 78 valence electrons. The molecular weight excluding hydrogens is 199 g/mol. The Hall–Kier alpha value is -1.91. The maximum atomic E-state index is 12.9. The largest absolute Gasteiger partial charge is 0.397 e. The summed E-state index contributed by atoms with van der Waals surface area (Å²) >= 11 is 0. The van der Waals surface area contributed by atoms with Gasteiger partial charge in [-0.2, -0.15) is 0 Å². The van der Waals surface area contributed by atoms with Crippen LogP contribution in [0.4, 0.5) is 15.8 Å². The Morgan fingerprint density at radius 2 is 1.80 bits per heavy atom. The fraction of sp³-hybridized carbons (Fsp3) is 0.200. The Kier molecular flexibility index (Phi) is 2.15. The van der Waals surface area contributed by atoms with Crippen molar-refractivity contribution in [1.82, 2.24) is 0 Å². The first-order valence-corrected chi connectivity index (χ1v) is 4.50. The van der Waals surface area contributed by atoms with Crippen LogP contribution in [0.3, 0.4) is 0 Å². The van der Waals surface area contributed by atoms with E-state index >= 15 is 0 Å². The predicted molar refractivity (Wildman–Crippen MR) is 52.5 cm³/mol. The number of nitrogens with zero attached hydrogens (tertiary/aromatic N) is 1. The molecule has 0 bridgehead atoms. The zero-order chi connectivity index (χ0) is 11.0. The molecule has 0 spiro atoms. The van der Waals surface area contributed by atoms with Crippen LogP contribution in [0.5, 0.6) is 0 Å². The number of nitrogens with two attached hydrogens (primary N) is 1. The highest BCUT2D eigenvalue weighted by Gasteiger charge is 2.31. The molecule has 1 aromatic rings. The van der Waals surface area contributed by atoms with Gasteiger partial charge in [0.05, 0.1) is 11.4 Å². The molecule has 1 saturated heterocycles. The Balaban J connectivity index is 2.48. The van der Waals surface area contributed by atoms with E-state index in [1.165, 1.54) is 12.1 Å². The van der Waals surface area contributed by atoms with E-state index in [0.29, 0.717) is 0 Å². The number of hydrogen-bond donors (Lipinski definition) is 1. The third-order valence-electron chi connectivity index (χ3n) is 2.28. The van der Waals surface area contributed by atoms with Crippen LogP contribution in [0.1, 0.15) is 12.8 Å². The van der Waals surface area contributed by atoms with Gasteiger partial charge in [0, 0.05) is 18.9 Å². The third kappa shape index (κ3) is 1.56. The van der Waals surface area contributed by atoms with Gasteiger partial charge in [0.25, 0.3) is 0 Å². The lowest BCUT2D eigenvalue weighted by atomic mass is 10.2. The predicted octanol–water partition coefficient (Wildman–Crippen LogP) is 1.06. The maximum absolute atomic E-state index is 12.9. The highest BCUT2D eigenvalue weighted by molar-refractivity contribution is 6.21. The van der Waals surface area contributed by atoms with Crippen molar-refractivity contribution < 1.29 is 14.0 Å². The van der Waals surface area contributed by atoms with Crippen LogP contribution < -0.4 is 10.6 Å². The lowest BCUT2D eigenvalue weighted by Crippen LogP contribution is -2.29. The van der Waals surface area contributed by atoms with Crippen LogP contribution in [-0.4, -0.2) is 11.8 Å². The summed E-state index contributed by atoms with van der Waals surface area (Å²) in [5.41, 5.74) is 5.94. The first-order valence-electron chi connectivity index (χ1n) is 4.50. The van der Waals surface area contributed by atoms with Crippen molar-refractivity contribution in [2.24, 2.45) is 0 Å². The zero-order valence-electron chi connectivity index (χ0n) is 7.87. The van der Waals surface area contributed by atoms with E-state index in [9.17, 15) is 14.0 Å². The summed E-state index contributed by atoms with van der Waals surface area (Å²) in [5.74, 6) is -1.19. The van der Waals surface area contributed by atoms with Crippen molar-refractivity contribution in [2.45, 2.75) is 12.8 Å². The van der Waals surface area contributed by atoms with Gasteiger partial charge in [-0.3, -0.25) is 9.59 Å². The number of carbonyl (C=O) groups is 2. The number of carbonyl (C=O) groups excluding carboxylic acids is 2. The average molecular weight is 208 g/mol. The van der Waals surface area contributed by atoms with Gasteiger partial charge in [0.1, 0.15) is 5.82 Å². The minimum atomic E-state index is -0.522. The molecule has 2 amide bonds. The smallest absolute Gasteiger partial charge is 0.234 e. The lowest BCUT2D eigenvalue weighted by Gasteiger charge is -2.15. The summed E-state index contributed by atoms with van der Waals surface area (Å²) in [6.07, 6.45) is 0.323. The van der Waals surface area contributed by atoms with Crippen LogP contribution >= 0.6 is 0 Å². The van der Waals surface area contributed by atoms with Crippen molar-refractivity contribution >= 4 is 23.2 Å². The first kappa shape index (κ1) is 9.64. The molecule has 0 aromatic heterocycles. The van der Waals surface area contributed by atoms with Gasteiger partial charge in [0.2, 0.25) is 11.8 Å². The van der Waals surface area contributed by atoms with Crippen molar-refractivity contribution in [3.63, 3.8) is 0 Å². The normalized spacial score (nSPS) is 16.2. The fourth-order valence-corrected chi connectivity index (χ4v) is 1.56. The van der Waals surface area contributed by atoms with Crippen molar-refractivity contribution in [2.75, 3.05) is 10.6 Å². The van der Waals surface area contributed by atoms with E-state index < -0.39 is 5.82 Å². The molecule has 0 radical (unpaired) electrons. The number of benzene rings is 1. The van der Waals surface area contributed by atoms with Gasteiger partial charge in [0.15, 0.2) is 0 Å². The number of amides is 2. The highest BCUT2D eigenvalue weighted by Crippen LogP contribution is 2.28. The van der Waals surface area contributed by atoms with Crippen LogP contribution in [0.2, 0.25) is 0 Å². The summed E-state index contributed by atoms with van der Waals surface area (Å²) in [7, 11) is 0. The molecule has 4 nitrogen and oxygen atoms in total. The van der Waals surface area contributed by atoms with Crippen LogP contribution in [0.25, 0.3) is 0 Å². The zero-order valence-corrected chi connectivity index (χ0v) is 7.87. The Labute approximate surface area is 85.5 Å². The van der Waals surface area contributed by atoms with Gasteiger partial charge in [-0.15, -0.1) is 0 Å². The van der Waals surface area contributed by atoms with Crippen LogP contribution in [-0.2, 0) is 9.59 Å². The molecule has 0 aliphatic carbocycles. The summed E-state index contributed by atoms with van der Waals surface area (Å²) in [6.45, 7) is 0. The van der Waals surface area contributed by atoms with Crippen molar-refractivity contribution in [3.05, 3.63) is 24.0 Å². The minimum Gasteiger partial charge on any atom is -0.397 e. The number of nitrogen functional groups attached to an aromatic ring is 1. The second-order valence-corrected chi connectivity index (χ2v) is 3.33. The second kappa shape index (κ2) is 3.34. The molecule has 2 N–H and O–H groups in total. The number of hydrogen-bond acceptors (Lipinski definition) is 3. The number of rotatable bonds is 1. The van der Waals surface area contributed by atoms with Crippen molar-refractivity contribution in [3.8, 4) is 0 Å². The van der Waals surface area contributed by atoms with E-state index in [1.807, 2.05) is 0 Å². The summed E-state index contributed by atoms with van der Waals surface area (Å²) in [5, 5.41) is 0. The second-order valence-electron chi connectivity index (χ2n) is 3.33. The van der Waals surface area contributed by atoms with Gasteiger partial charge < -0.3 is 5.73 Å². The van der Waals surface area contributed by atoms with Gasteiger partial charge in [-0.1, -0.05) is 0 Å². The number of imide groups is 1. The molecule has 0 unspecified atom stereocenters. The van der Waals surface area contributed by atoms with E-state index in [2.05, 4.69) is 0 Å². The Morgan fingerprint density at radius 3 is 2.40 bits per heavy atom. The van der Waals surface area contributed by atoms with Crippen LogP contribution in [0.15, 0.2) is 18.2 Å². The first-order chi connectivity index (χ1) is 7.09. The summed E-state index contributed by atoms with van der Waals surface area (Å²) in [4.78, 5) is 23.7. The molecule has 1 heterocycles. The van der Waals surface area contributed by atoms with Gasteiger partial charge >= 0.3 is 0 Å². The van der Waals surface area contributed by atoms with E-state index in [-0.39, 0.29) is 36.0 Å². The summed E-state index contributed by atoms with van der Waals surface area (Å²) in [6, 6.07) is 3.61. The molecule has 0 atom stereocenters.